The van der Waals surface area contributed by atoms with Gasteiger partial charge in [-0.05, 0) is 51.0 Å². The lowest BCUT2D eigenvalue weighted by molar-refractivity contribution is 0.172. The number of benzene rings is 3. The summed E-state index contributed by atoms with van der Waals surface area (Å²) >= 11 is 7.02. The van der Waals surface area contributed by atoms with Crippen molar-refractivity contribution in [3.05, 3.63) is 56.5 Å². The highest BCUT2D eigenvalue weighted by Gasteiger charge is 2.29. The van der Waals surface area contributed by atoms with Gasteiger partial charge in [0.25, 0.3) is 0 Å². The van der Waals surface area contributed by atoms with Gasteiger partial charge in [-0.1, -0.05) is 57.5 Å². The van der Waals surface area contributed by atoms with Crippen molar-refractivity contribution >= 4 is 42.9 Å². The molecule has 1 aromatic heterocycles. The fourth-order valence-electron chi connectivity index (χ4n) is 4.68. The Morgan fingerprint density at radius 2 is 1.35 bits per heavy atom. The Bertz CT molecular complexity index is 1510. The molecule has 2 N–H and O–H groups in total. The number of halogens is 2. The molecule has 2 heterocycles. The maximum absolute atomic E-state index is 11.3. The standard InChI is InChI=1S/C29H30Br2N2O4/c1-28(2,3)18-11-16(12-19(26(18)35)29(4,5)6)33-22-14-24-23(36-7-8-37-24)13-21(22)32-27(33)17-9-15(30)10-20(31)25(17)34/h9-14,34-35H,7-8H2,1-6H3. The molecule has 0 fully saturated rings. The molecule has 0 unspecified atom stereocenters. The molecule has 0 bridgehead atoms. The molecule has 4 aromatic rings. The molecule has 0 spiro atoms. The van der Waals surface area contributed by atoms with Gasteiger partial charge in [-0.25, -0.2) is 4.98 Å². The summed E-state index contributed by atoms with van der Waals surface area (Å²) in [6.07, 6.45) is 0. The van der Waals surface area contributed by atoms with Gasteiger partial charge < -0.3 is 19.7 Å². The van der Waals surface area contributed by atoms with Gasteiger partial charge >= 0.3 is 0 Å². The topological polar surface area (TPSA) is 76.7 Å². The minimum Gasteiger partial charge on any atom is -0.507 e. The molecule has 6 nitrogen and oxygen atoms in total. The highest BCUT2D eigenvalue weighted by Crippen LogP contribution is 2.45. The summed E-state index contributed by atoms with van der Waals surface area (Å²) in [6.45, 7) is 13.5. The van der Waals surface area contributed by atoms with E-state index in [4.69, 9.17) is 14.5 Å². The second kappa shape index (κ2) is 8.95. The summed E-state index contributed by atoms with van der Waals surface area (Å²) in [5.41, 5.74) is 3.94. The third kappa shape index (κ3) is 4.59. The number of nitrogens with zero attached hydrogens (tertiary/aromatic N) is 2. The first-order valence-electron chi connectivity index (χ1n) is 12.1. The zero-order chi connectivity index (χ0) is 26.9. The predicted molar refractivity (Wildman–Crippen MR) is 154 cm³/mol. The number of phenols is 2. The highest BCUT2D eigenvalue weighted by atomic mass is 79.9. The normalized spacial score (nSPS) is 13.8. The van der Waals surface area contributed by atoms with Crippen molar-refractivity contribution in [2.75, 3.05) is 13.2 Å². The van der Waals surface area contributed by atoms with Crippen molar-refractivity contribution in [1.29, 1.82) is 0 Å². The summed E-state index contributed by atoms with van der Waals surface area (Å²) in [5, 5.41) is 22.4. The van der Waals surface area contributed by atoms with Crippen LogP contribution < -0.4 is 9.47 Å². The molecule has 37 heavy (non-hydrogen) atoms. The van der Waals surface area contributed by atoms with E-state index < -0.39 is 0 Å². The van der Waals surface area contributed by atoms with Crippen molar-refractivity contribution in [3.63, 3.8) is 0 Å². The van der Waals surface area contributed by atoms with Crippen LogP contribution in [0.1, 0.15) is 52.7 Å². The second-order valence-electron chi connectivity index (χ2n) is 11.4. The number of hydrogen-bond acceptors (Lipinski definition) is 5. The molecule has 1 aliphatic heterocycles. The zero-order valence-corrected chi connectivity index (χ0v) is 24.9. The van der Waals surface area contributed by atoms with Gasteiger partial charge in [0, 0.05) is 33.4 Å². The highest BCUT2D eigenvalue weighted by molar-refractivity contribution is 9.11. The van der Waals surface area contributed by atoms with Gasteiger partial charge in [-0.3, -0.25) is 4.57 Å². The molecule has 8 heteroatoms. The summed E-state index contributed by atoms with van der Waals surface area (Å²) in [6, 6.07) is 11.5. The van der Waals surface area contributed by atoms with E-state index in [9.17, 15) is 10.2 Å². The number of hydrogen-bond donors (Lipinski definition) is 2. The Hall–Kier alpha value is -2.71. The van der Waals surface area contributed by atoms with Gasteiger partial charge in [-0.2, -0.15) is 0 Å². The zero-order valence-electron chi connectivity index (χ0n) is 21.7. The maximum Gasteiger partial charge on any atom is 0.163 e. The molecule has 0 saturated heterocycles. The molecule has 0 amide bonds. The lowest BCUT2D eigenvalue weighted by Crippen LogP contribution is -2.18. The summed E-state index contributed by atoms with van der Waals surface area (Å²) in [4.78, 5) is 4.98. The molecule has 194 valence electrons. The van der Waals surface area contributed by atoms with Crippen LogP contribution in [0.5, 0.6) is 23.0 Å². The Morgan fingerprint density at radius 3 is 1.92 bits per heavy atom. The number of fused-ring (bicyclic) bond motifs is 2. The monoisotopic (exact) mass is 628 g/mol. The van der Waals surface area contributed by atoms with E-state index in [0.717, 1.165) is 26.8 Å². The van der Waals surface area contributed by atoms with E-state index in [1.54, 1.807) is 6.07 Å². The van der Waals surface area contributed by atoms with Crippen LogP contribution in [0.2, 0.25) is 0 Å². The largest absolute Gasteiger partial charge is 0.507 e. The van der Waals surface area contributed by atoms with E-state index in [2.05, 4.69) is 73.4 Å². The predicted octanol–water partition coefficient (Wildman–Crippen LogP) is 7.99. The van der Waals surface area contributed by atoms with Crippen LogP contribution in [0, 0.1) is 0 Å². The molecule has 0 atom stereocenters. The third-order valence-corrected chi connectivity index (χ3v) is 7.62. The molecule has 3 aromatic carbocycles. The Balaban J connectivity index is 1.92. The smallest absolute Gasteiger partial charge is 0.163 e. The number of ether oxygens (including phenoxy) is 2. The Kier molecular flexibility index (Phi) is 6.27. The van der Waals surface area contributed by atoms with Crippen molar-refractivity contribution in [2.45, 2.75) is 52.4 Å². The Morgan fingerprint density at radius 1 is 0.784 bits per heavy atom. The molecular weight excluding hydrogens is 600 g/mol. The molecule has 0 saturated carbocycles. The number of aromatic nitrogens is 2. The summed E-state index contributed by atoms with van der Waals surface area (Å²) < 4.78 is 15.1. The lowest BCUT2D eigenvalue weighted by atomic mass is 9.79. The SMILES string of the molecule is CC(C)(C)c1cc(-n2c(-c3cc(Br)cc(Br)c3O)nc3cc4c(cc32)OCCO4)cc(C(C)(C)C)c1O. The van der Waals surface area contributed by atoms with Crippen molar-refractivity contribution in [1.82, 2.24) is 9.55 Å². The third-order valence-electron chi connectivity index (χ3n) is 6.56. The number of aromatic hydroxyl groups is 2. The quantitative estimate of drug-likeness (QED) is 0.235. The average molecular weight is 630 g/mol. The van der Waals surface area contributed by atoms with Crippen LogP contribution in [-0.2, 0) is 10.8 Å². The van der Waals surface area contributed by atoms with E-state index >= 15 is 0 Å². The van der Waals surface area contributed by atoms with Gasteiger partial charge in [0.1, 0.15) is 30.5 Å². The molecule has 5 rings (SSSR count). The summed E-state index contributed by atoms with van der Waals surface area (Å²) in [7, 11) is 0. The minimum atomic E-state index is -0.312. The number of rotatable bonds is 2. The molecule has 1 aliphatic rings. The lowest BCUT2D eigenvalue weighted by Gasteiger charge is -2.28. The van der Waals surface area contributed by atoms with Gasteiger partial charge in [0.2, 0.25) is 0 Å². The number of imidazole rings is 1. The first-order chi connectivity index (χ1) is 17.3. The molecular formula is C29H30Br2N2O4. The maximum atomic E-state index is 11.3. The number of phenolic OH excluding ortho intramolecular Hbond substituents is 2. The van der Waals surface area contributed by atoms with Gasteiger partial charge in [0.15, 0.2) is 11.5 Å². The van der Waals surface area contributed by atoms with Crippen LogP contribution >= 0.6 is 31.9 Å². The van der Waals surface area contributed by atoms with Crippen LogP contribution in [0.15, 0.2) is 45.3 Å². The van der Waals surface area contributed by atoms with E-state index in [1.807, 2.05) is 34.9 Å². The van der Waals surface area contributed by atoms with Crippen LogP contribution in [0.25, 0.3) is 28.1 Å². The Labute approximate surface area is 233 Å². The summed E-state index contributed by atoms with van der Waals surface area (Å²) in [5.74, 6) is 2.24. The first-order valence-corrected chi connectivity index (χ1v) is 13.7. The van der Waals surface area contributed by atoms with E-state index in [-0.39, 0.29) is 16.6 Å². The minimum absolute atomic E-state index is 0.0860. The fraction of sp³-hybridized carbons (Fsp3) is 0.345. The van der Waals surface area contributed by atoms with Crippen molar-refractivity contribution < 1.29 is 19.7 Å². The van der Waals surface area contributed by atoms with Crippen LogP contribution in [-0.4, -0.2) is 33.0 Å². The van der Waals surface area contributed by atoms with Crippen molar-refractivity contribution in [2.24, 2.45) is 0 Å². The molecule has 0 aliphatic carbocycles. The van der Waals surface area contributed by atoms with Gasteiger partial charge in [-0.15, -0.1) is 0 Å². The molecule has 0 radical (unpaired) electrons. The van der Waals surface area contributed by atoms with Crippen LogP contribution in [0.4, 0.5) is 0 Å². The average Bonchev–Trinajstić information content (AvgIpc) is 3.16. The van der Waals surface area contributed by atoms with Crippen molar-refractivity contribution in [3.8, 4) is 40.1 Å². The second-order valence-corrected chi connectivity index (χ2v) is 13.2. The fourth-order valence-corrected chi connectivity index (χ4v) is 5.91. The van der Waals surface area contributed by atoms with Gasteiger partial charge in [0.05, 0.1) is 21.1 Å². The van der Waals surface area contributed by atoms with Crippen LogP contribution in [0.3, 0.4) is 0 Å². The first kappa shape index (κ1) is 25.9. The van der Waals surface area contributed by atoms with E-state index in [0.29, 0.717) is 51.8 Å². The van der Waals surface area contributed by atoms with E-state index in [1.165, 1.54) is 0 Å².